The smallest absolute Gasteiger partial charge is 0.224 e. The first-order valence-corrected chi connectivity index (χ1v) is 6.79. The molecule has 98 valence electrons. The molecule has 0 aliphatic carbocycles. The number of amides is 1. The van der Waals surface area contributed by atoms with Crippen LogP contribution in [0.2, 0.25) is 5.02 Å². The molecule has 1 unspecified atom stereocenters. The van der Waals surface area contributed by atoms with Crippen molar-refractivity contribution in [3.63, 3.8) is 0 Å². The molecule has 0 bridgehead atoms. The summed E-state index contributed by atoms with van der Waals surface area (Å²) in [6.45, 7) is 1.59. The second-order valence-electron chi connectivity index (χ2n) is 4.65. The summed E-state index contributed by atoms with van der Waals surface area (Å²) in [6, 6.07) is 8.04. The first-order valence-electron chi connectivity index (χ1n) is 6.42. The van der Waals surface area contributed by atoms with Crippen molar-refractivity contribution in [2.24, 2.45) is 0 Å². The Hall–Kier alpha value is -1.06. The lowest BCUT2D eigenvalue weighted by Gasteiger charge is -2.25. The van der Waals surface area contributed by atoms with Gasteiger partial charge in [-0.05, 0) is 37.6 Å². The molecule has 3 nitrogen and oxygen atoms in total. The Morgan fingerprint density at radius 1 is 1.56 bits per heavy atom. The number of halogens is 1. The fourth-order valence-electron chi connectivity index (χ4n) is 2.50. The highest BCUT2D eigenvalue weighted by Gasteiger charge is 2.29. The molecule has 2 rings (SSSR count). The van der Waals surface area contributed by atoms with Gasteiger partial charge in [0.25, 0.3) is 0 Å². The van der Waals surface area contributed by atoms with Gasteiger partial charge in [0, 0.05) is 24.5 Å². The quantitative estimate of drug-likeness (QED) is 0.909. The van der Waals surface area contributed by atoms with Gasteiger partial charge < -0.3 is 10.2 Å². The molecule has 1 aliphatic rings. The molecule has 4 heteroatoms. The SMILES string of the molecule is CNCCC(=O)N1CCCC1c1cccc(Cl)c1. The van der Waals surface area contributed by atoms with Crippen LogP contribution in [0.5, 0.6) is 0 Å². The molecular formula is C14H19ClN2O. The maximum Gasteiger partial charge on any atom is 0.224 e. The summed E-state index contributed by atoms with van der Waals surface area (Å²) in [5, 5.41) is 3.76. The van der Waals surface area contributed by atoms with Gasteiger partial charge in [0.1, 0.15) is 0 Å². The van der Waals surface area contributed by atoms with Crippen LogP contribution < -0.4 is 5.32 Å². The minimum absolute atomic E-state index is 0.202. The predicted octanol–water partition coefficient (Wildman–Crippen LogP) is 2.61. The molecule has 1 amide bonds. The summed E-state index contributed by atoms with van der Waals surface area (Å²) in [7, 11) is 1.87. The normalized spacial score (nSPS) is 19.2. The maximum absolute atomic E-state index is 12.1. The van der Waals surface area contributed by atoms with E-state index in [1.165, 1.54) is 0 Å². The zero-order valence-electron chi connectivity index (χ0n) is 10.7. The lowest BCUT2D eigenvalue weighted by atomic mass is 10.0. The fourth-order valence-corrected chi connectivity index (χ4v) is 2.70. The van der Waals surface area contributed by atoms with Crippen molar-refractivity contribution in [3.8, 4) is 0 Å². The van der Waals surface area contributed by atoms with Crippen molar-refractivity contribution in [2.75, 3.05) is 20.1 Å². The molecule has 1 aromatic carbocycles. The maximum atomic E-state index is 12.1. The van der Waals surface area contributed by atoms with E-state index in [4.69, 9.17) is 11.6 Å². The largest absolute Gasteiger partial charge is 0.336 e. The number of hydrogen-bond acceptors (Lipinski definition) is 2. The van der Waals surface area contributed by atoms with Crippen LogP contribution >= 0.6 is 11.6 Å². The standard InChI is InChI=1S/C14H19ClN2O/c1-16-8-7-14(18)17-9-3-6-13(17)11-4-2-5-12(15)10-11/h2,4-5,10,13,16H,3,6-9H2,1H3. The number of likely N-dealkylation sites (tertiary alicyclic amines) is 1. The van der Waals surface area contributed by atoms with Gasteiger partial charge in [-0.3, -0.25) is 4.79 Å². The van der Waals surface area contributed by atoms with E-state index in [1.54, 1.807) is 0 Å². The van der Waals surface area contributed by atoms with Gasteiger partial charge in [-0.2, -0.15) is 0 Å². The lowest BCUT2D eigenvalue weighted by molar-refractivity contribution is -0.132. The second-order valence-corrected chi connectivity index (χ2v) is 5.09. The monoisotopic (exact) mass is 266 g/mol. The topological polar surface area (TPSA) is 32.3 Å². The Bertz CT molecular complexity index is 422. The molecule has 1 aromatic rings. The van der Waals surface area contributed by atoms with Gasteiger partial charge in [0.05, 0.1) is 6.04 Å². The highest BCUT2D eigenvalue weighted by Crippen LogP contribution is 2.33. The number of nitrogens with one attached hydrogen (secondary N) is 1. The zero-order valence-corrected chi connectivity index (χ0v) is 11.4. The molecule has 1 heterocycles. The van der Waals surface area contributed by atoms with Crippen LogP contribution in [0, 0.1) is 0 Å². The molecule has 0 saturated carbocycles. The van der Waals surface area contributed by atoms with Crippen molar-refractivity contribution in [2.45, 2.75) is 25.3 Å². The third kappa shape index (κ3) is 3.03. The molecule has 1 fully saturated rings. The first kappa shape index (κ1) is 13.4. The van der Waals surface area contributed by atoms with E-state index in [9.17, 15) is 4.79 Å². The van der Waals surface area contributed by atoms with Crippen LogP contribution in [0.4, 0.5) is 0 Å². The molecule has 1 N–H and O–H groups in total. The summed E-state index contributed by atoms with van der Waals surface area (Å²) < 4.78 is 0. The van der Waals surface area contributed by atoms with Gasteiger partial charge >= 0.3 is 0 Å². The number of hydrogen-bond donors (Lipinski definition) is 1. The number of benzene rings is 1. The Labute approximate surface area is 113 Å². The summed E-state index contributed by atoms with van der Waals surface area (Å²) in [5.41, 5.74) is 1.15. The molecule has 0 radical (unpaired) electrons. The number of carbonyl (C=O) groups is 1. The second kappa shape index (κ2) is 6.21. The minimum atomic E-state index is 0.202. The van der Waals surface area contributed by atoms with Gasteiger partial charge in [-0.25, -0.2) is 0 Å². The average Bonchev–Trinajstić information content (AvgIpc) is 2.85. The van der Waals surface area contributed by atoms with E-state index in [1.807, 2.05) is 30.1 Å². The minimum Gasteiger partial charge on any atom is -0.336 e. The molecule has 18 heavy (non-hydrogen) atoms. The fraction of sp³-hybridized carbons (Fsp3) is 0.500. The summed E-state index contributed by atoms with van der Waals surface area (Å²) in [4.78, 5) is 14.1. The van der Waals surface area contributed by atoms with Crippen molar-refractivity contribution in [1.82, 2.24) is 10.2 Å². The van der Waals surface area contributed by atoms with E-state index in [2.05, 4.69) is 11.4 Å². The van der Waals surface area contributed by atoms with Crippen LogP contribution in [-0.2, 0) is 4.79 Å². The van der Waals surface area contributed by atoms with E-state index < -0.39 is 0 Å². The van der Waals surface area contributed by atoms with Gasteiger partial charge in [-0.1, -0.05) is 23.7 Å². The Kier molecular flexibility index (Phi) is 4.61. The Morgan fingerprint density at radius 3 is 3.11 bits per heavy atom. The molecule has 1 saturated heterocycles. The highest BCUT2D eigenvalue weighted by molar-refractivity contribution is 6.30. The van der Waals surface area contributed by atoms with Crippen LogP contribution in [-0.4, -0.2) is 30.9 Å². The number of carbonyl (C=O) groups excluding carboxylic acids is 1. The summed E-state index contributed by atoms with van der Waals surface area (Å²) >= 11 is 6.02. The van der Waals surface area contributed by atoms with Gasteiger partial charge in [-0.15, -0.1) is 0 Å². The lowest BCUT2D eigenvalue weighted by Crippen LogP contribution is -2.32. The Morgan fingerprint density at radius 2 is 2.39 bits per heavy atom. The molecular weight excluding hydrogens is 248 g/mol. The van der Waals surface area contributed by atoms with E-state index in [0.29, 0.717) is 6.42 Å². The van der Waals surface area contributed by atoms with Crippen LogP contribution in [0.1, 0.15) is 30.9 Å². The molecule has 0 spiro atoms. The first-order chi connectivity index (χ1) is 8.72. The Balaban J connectivity index is 2.10. The predicted molar refractivity (Wildman–Crippen MR) is 73.7 cm³/mol. The molecule has 0 aromatic heterocycles. The van der Waals surface area contributed by atoms with Crippen LogP contribution in [0.3, 0.4) is 0 Å². The number of nitrogens with zero attached hydrogens (tertiary/aromatic N) is 1. The van der Waals surface area contributed by atoms with E-state index >= 15 is 0 Å². The molecule has 1 atom stereocenters. The number of rotatable bonds is 4. The summed E-state index contributed by atoms with van der Waals surface area (Å²) in [5.74, 6) is 0.229. The van der Waals surface area contributed by atoms with Crippen molar-refractivity contribution < 1.29 is 4.79 Å². The van der Waals surface area contributed by atoms with Crippen molar-refractivity contribution in [1.29, 1.82) is 0 Å². The van der Waals surface area contributed by atoms with Crippen LogP contribution in [0.15, 0.2) is 24.3 Å². The van der Waals surface area contributed by atoms with E-state index in [-0.39, 0.29) is 11.9 Å². The average molecular weight is 267 g/mol. The van der Waals surface area contributed by atoms with Crippen molar-refractivity contribution in [3.05, 3.63) is 34.9 Å². The summed E-state index contributed by atoms with van der Waals surface area (Å²) in [6.07, 6.45) is 2.67. The third-order valence-electron chi connectivity index (χ3n) is 3.40. The van der Waals surface area contributed by atoms with Crippen LogP contribution in [0.25, 0.3) is 0 Å². The van der Waals surface area contributed by atoms with Gasteiger partial charge in [0.2, 0.25) is 5.91 Å². The highest BCUT2D eigenvalue weighted by atomic mass is 35.5. The van der Waals surface area contributed by atoms with E-state index in [0.717, 1.165) is 36.5 Å². The molecule has 1 aliphatic heterocycles. The third-order valence-corrected chi connectivity index (χ3v) is 3.63. The van der Waals surface area contributed by atoms with Crippen molar-refractivity contribution >= 4 is 17.5 Å². The zero-order chi connectivity index (χ0) is 13.0. The van der Waals surface area contributed by atoms with Gasteiger partial charge in [0.15, 0.2) is 0 Å².